The summed E-state index contributed by atoms with van der Waals surface area (Å²) < 4.78 is 0. The van der Waals surface area contributed by atoms with Crippen LogP contribution < -0.4 is 5.32 Å². The van der Waals surface area contributed by atoms with E-state index in [0.29, 0.717) is 11.3 Å². The van der Waals surface area contributed by atoms with Crippen LogP contribution in [-0.2, 0) is 0 Å². The van der Waals surface area contributed by atoms with Gasteiger partial charge in [-0.15, -0.1) is 0 Å². The van der Waals surface area contributed by atoms with Gasteiger partial charge in [-0.2, -0.15) is 0 Å². The fraction of sp³-hybridized carbons (Fsp3) is 0. The second-order valence-corrected chi connectivity index (χ2v) is 18.3. The van der Waals surface area contributed by atoms with Crippen LogP contribution in [0.25, 0.3) is 125 Å². The number of aromatic amines is 2. The van der Waals surface area contributed by atoms with E-state index in [1.165, 1.54) is 0 Å². The fourth-order valence-corrected chi connectivity index (χ4v) is 9.96. The number of carbonyl (C=O) groups excluding carboxylic acids is 1. The van der Waals surface area contributed by atoms with E-state index in [2.05, 4.69) is 147 Å². The summed E-state index contributed by atoms with van der Waals surface area (Å²) in [4.78, 5) is 46.4. The van der Waals surface area contributed by atoms with Crippen LogP contribution in [0.3, 0.4) is 0 Å². The van der Waals surface area contributed by atoms with Crippen molar-refractivity contribution in [1.82, 2.24) is 34.9 Å². The minimum absolute atomic E-state index is 0.223. The first kappa shape index (κ1) is 44.6. The Morgan fingerprint density at radius 1 is 0.333 bits per heavy atom. The standard InChI is InChI=1S/C66H44N8O/c75-66(47-24-22-42(23-25-47)48-40-60(50-20-10-12-38-67-50)74-61(41-48)51-21-11-13-39-68-51)69-49-28-26-46(27-29-49)65-58-36-34-56(72-58)63(44-16-6-2-7-17-44)54-32-30-52(70-54)62(43-14-4-1-5-15-43)53-31-33-55(71-53)64(45-18-8-3-9-19-45)57-35-37-59(65)73-57/h1-41,70,73H,(H,69,75). The number of hydrogen-bond acceptors (Lipinski definition) is 6. The highest BCUT2D eigenvalue weighted by molar-refractivity contribution is 6.05. The number of aromatic nitrogens is 7. The lowest BCUT2D eigenvalue weighted by Crippen LogP contribution is -2.11. The van der Waals surface area contributed by atoms with E-state index in [1.54, 1.807) is 12.4 Å². The number of benzene rings is 5. The molecule has 354 valence electrons. The maximum Gasteiger partial charge on any atom is 0.255 e. The van der Waals surface area contributed by atoms with E-state index >= 15 is 0 Å². The minimum Gasteiger partial charge on any atom is -0.354 e. The molecule has 0 saturated carbocycles. The first-order valence-electron chi connectivity index (χ1n) is 24.8. The Morgan fingerprint density at radius 3 is 1.09 bits per heavy atom. The molecular formula is C66H44N8O. The van der Waals surface area contributed by atoms with Gasteiger partial charge in [0.25, 0.3) is 5.91 Å². The summed E-state index contributed by atoms with van der Waals surface area (Å²) in [5.41, 5.74) is 21.0. The molecule has 75 heavy (non-hydrogen) atoms. The maximum absolute atomic E-state index is 13.9. The lowest BCUT2D eigenvalue weighted by molar-refractivity contribution is 0.102. The molecule has 9 nitrogen and oxygen atoms in total. The molecule has 0 saturated heterocycles. The van der Waals surface area contributed by atoms with Crippen molar-refractivity contribution in [3.05, 3.63) is 253 Å². The molecule has 0 unspecified atom stereocenters. The van der Waals surface area contributed by atoms with Crippen molar-refractivity contribution in [2.75, 3.05) is 5.32 Å². The highest BCUT2D eigenvalue weighted by atomic mass is 16.1. The molecule has 13 rings (SSSR count). The van der Waals surface area contributed by atoms with Crippen molar-refractivity contribution in [3.8, 4) is 78.4 Å². The Morgan fingerprint density at radius 2 is 0.707 bits per heavy atom. The molecule has 3 N–H and O–H groups in total. The molecule has 1 amide bonds. The quantitative estimate of drug-likeness (QED) is 0.132. The molecule has 9 heteroatoms. The van der Waals surface area contributed by atoms with Crippen LogP contribution >= 0.6 is 0 Å². The molecule has 0 fully saturated rings. The number of nitrogens with zero attached hydrogens (tertiary/aromatic N) is 5. The first-order chi connectivity index (χ1) is 37.1. The molecule has 2 aliphatic heterocycles. The number of H-pyrrole nitrogens is 2. The number of fused-ring (bicyclic) bond motifs is 8. The molecule has 8 bridgehead atoms. The van der Waals surface area contributed by atoms with Crippen molar-refractivity contribution in [1.29, 1.82) is 0 Å². The van der Waals surface area contributed by atoms with Crippen LogP contribution in [0.1, 0.15) is 33.1 Å². The molecule has 11 aromatic rings. The van der Waals surface area contributed by atoms with Crippen molar-refractivity contribution in [2.24, 2.45) is 0 Å². The average Bonchev–Trinajstić information content (AvgIpc) is 4.34. The molecule has 0 atom stereocenters. The fourth-order valence-electron chi connectivity index (χ4n) is 9.96. The van der Waals surface area contributed by atoms with Gasteiger partial charge < -0.3 is 15.3 Å². The Balaban J connectivity index is 0.903. The third kappa shape index (κ3) is 8.81. The summed E-state index contributed by atoms with van der Waals surface area (Å²) in [6.45, 7) is 0. The van der Waals surface area contributed by atoms with Crippen LogP contribution in [0.5, 0.6) is 0 Å². The second-order valence-electron chi connectivity index (χ2n) is 18.3. The number of carbonyl (C=O) groups is 1. The Kier molecular flexibility index (Phi) is 11.5. The van der Waals surface area contributed by atoms with E-state index in [-0.39, 0.29) is 5.91 Å². The smallest absolute Gasteiger partial charge is 0.255 e. The molecule has 8 heterocycles. The van der Waals surface area contributed by atoms with Gasteiger partial charge in [0.1, 0.15) is 0 Å². The van der Waals surface area contributed by atoms with Crippen molar-refractivity contribution in [3.63, 3.8) is 0 Å². The number of anilines is 1. The zero-order chi connectivity index (χ0) is 50.1. The Hall–Kier alpha value is -10.4. The molecule has 0 radical (unpaired) electrons. The average molecular weight is 965 g/mol. The van der Waals surface area contributed by atoms with E-state index in [1.807, 2.05) is 115 Å². The van der Waals surface area contributed by atoms with Crippen LogP contribution in [-0.4, -0.2) is 40.8 Å². The van der Waals surface area contributed by atoms with Gasteiger partial charge >= 0.3 is 0 Å². The predicted octanol–water partition coefficient (Wildman–Crippen LogP) is 15.8. The van der Waals surface area contributed by atoms with Crippen LogP contribution in [0, 0.1) is 0 Å². The van der Waals surface area contributed by atoms with E-state index < -0.39 is 0 Å². The van der Waals surface area contributed by atoms with Gasteiger partial charge in [-0.25, -0.2) is 15.0 Å². The molecular weight excluding hydrogens is 921 g/mol. The third-order valence-corrected chi connectivity index (χ3v) is 13.5. The largest absolute Gasteiger partial charge is 0.354 e. The van der Waals surface area contributed by atoms with E-state index in [0.717, 1.165) is 123 Å². The molecule has 6 aromatic heterocycles. The highest BCUT2D eigenvalue weighted by Crippen LogP contribution is 2.39. The predicted molar refractivity (Wildman–Crippen MR) is 305 cm³/mol. The molecule has 0 spiro atoms. The SMILES string of the molecule is O=C(Nc1ccc(-c2c3nc(c(-c4ccccc4)c4ccc([nH]4)c(-c4ccccc4)c4nc(c(-c5ccccc5)c5ccc2[nH]5)C=C4)C=C3)cc1)c1ccc(-c2cc(-c3ccccn3)nc(-c3ccccn3)c2)cc1. The van der Waals surface area contributed by atoms with Crippen molar-refractivity contribution >= 4 is 58.0 Å². The zero-order valence-corrected chi connectivity index (χ0v) is 40.3. The second kappa shape index (κ2) is 19.3. The topological polar surface area (TPSA) is 125 Å². The number of pyridine rings is 3. The number of amides is 1. The van der Waals surface area contributed by atoms with Gasteiger partial charge in [0.05, 0.1) is 45.6 Å². The number of nitrogens with one attached hydrogen (secondary N) is 3. The molecule has 2 aliphatic rings. The van der Waals surface area contributed by atoms with Gasteiger partial charge in [-0.05, 0) is 143 Å². The van der Waals surface area contributed by atoms with Gasteiger partial charge in [0, 0.05) is 68.0 Å². The van der Waals surface area contributed by atoms with Gasteiger partial charge in [-0.3, -0.25) is 14.8 Å². The lowest BCUT2D eigenvalue weighted by atomic mass is 10.0. The minimum atomic E-state index is -0.223. The van der Waals surface area contributed by atoms with E-state index in [9.17, 15) is 4.79 Å². The van der Waals surface area contributed by atoms with Crippen LogP contribution in [0.15, 0.2) is 225 Å². The number of rotatable bonds is 9. The summed E-state index contributed by atoms with van der Waals surface area (Å²) in [6.07, 6.45) is 11.9. The summed E-state index contributed by atoms with van der Waals surface area (Å²) in [7, 11) is 0. The number of hydrogen-bond donors (Lipinski definition) is 3. The first-order valence-corrected chi connectivity index (χ1v) is 24.8. The van der Waals surface area contributed by atoms with Gasteiger partial charge in [0.2, 0.25) is 0 Å². The summed E-state index contributed by atoms with van der Waals surface area (Å²) in [6, 6.07) is 70.9. The highest BCUT2D eigenvalue weighted by Gasteiger charge is 2.20. The van der Waals surface area contributed by atoms with Crippen molar-refractivity contribution < 1.29 is 4.79 Å². The lowest BCUT2D eigenvalue weighted by Gasteiger charge is -2.11. The summed E-state index contributed by atoms with van der Waals surface area (Å²) in [5, 5.41) is 3.14. The monoisotopic (exact) mass is 964 g/mol. The maximum atomic E-state index is 13.9. The Bertz CT molecular complexity index is 4080. The third-order valence-electron chi connectivity index (χ3n) is 13.5. The Labute approximate surface area is 432 Å². The molecule has 0 aliphatic carbocycles. The van der Waals surface area contributed by atoms with Gasteiger partial charge in [-0.1, -0.05) is 127 Å². The van der Waals surface area contributed by atoms with Crippen LogP contribution in [0.4, 0.5) is 5.69 Å². The van der Waals surface area contributed by atoms with Crippen LogP contribution in [0.2, 0.25) is 0 Å². The molecule has 5 aromatic carbocycles. The van der Waals surface area contributed by atoms with E-state index in [4.69, 9.17) is 15.0 Å². The normalized spacial score (nSPS) is 11.7. The summed E-state index contributed by atoms with van der Waals surface area (Å²) in [5.74, 6) is -0.223. The zero-order valence-electron chi connectivity index (χ0n) is 40.3. The summed E-state index contributed by atoms with van der Waals surface area (Å²) >= 11 is 0. The van der Waals surface area contributed by atoms with Crippen molar-refractivity contribution in [2.45, 2.75) is 0 Å². The van der Waals surface area contributed by atoms with Gasteiger partial charge in [0.15, 0.2) is 0 Å².